The van der Waals surface area contributed by atoms with Gasteiger partial charge in [-0.1, -0.05) is 28.8 Å². The molecule has 2 unspecified atom stereocenters. The molecule has 1 N–H and O–H groups in total. The molecular formula is C13H20BrNO. The average Bonchev–Trinajstić information content (AvgIpc) is 2.97. The van der Waals surface area contributed by atoms with Crippen LogP contribution in [0.2, 0.25) is 0 Å². The van der Waals surface area contributed by atoms with Crippen molar-refractivity contribution in [2.24, 2.45) is 17.8 Å². The molecule has 0 spiro atoms. The Morgan fingerprint density at radius 1 is 1.19 bits per heavy atom. The summed E-state index contributed by atoms with van der Waals surface area (Å²) in [6, 6.07) is 0. The molecular weight excluding hydrogens is 266 g/mol. The summed E-state index contributed by atoms with van der Waals surface area (Å²) in [7, 11) is 0. The van der Waals surface area contributed by atoms with E-state index < -0.39 is 0 Å². The molecule has 2 nitrogen and oxygen atoms in total. The molecule has 3 rings (SSSR count). The fourth-order valence-corrected chi connectivity index (χ4v) is 4.32. The van der Waals surface area contributed by atoms with Crippen molar-refractivity contribution in [3.63, 3.8) is 0 Å². The highest BCUT2D eigenvalue weighted by atomic mass is 79.9. The zero-order chi connectivity index (χ0) is 11.2. The van der Waals surface area contributed by atoms with Gasteiger partial charge in [0, 0.05) is 16.8 Å². The topological polar surface area (TPSA) is 29.1 Å². The molecule has 1 amide bonds. The van der Waals surface area contributed by atoms with E-state index in [4.69, 9.17) is 0 Å². The normalized spacial score (nSPS) is 39.4. The largest absolute Gasteiger partial charge is 0.350 e. The van der Waals surface area contributed by atoms with Gasteiger partial charge < -0.3 is 5.32 Å². The number of carbonyl (C=O) groups is 1. The molecule has 3 aliphatic rings. The van der Waals surface area contributed by atoms with Gasteiger partial charge in [-0.3, -0.25) is 4.79 Å². The van der Waals surface area contributed by atoms with Crippen LogP contribution >= 0.6 is 15.9 Å². The van der Waals surface area contributed by atoms with Gasteiger partial charge in [0.15, 0.2) is 0 Å². The average molecular weight is 286 g/mol. The van der Waals surface area contributed by atoms with Crippen molar-refractivity contribution in [1.29, 1.82) is 0 Å². The van der Waals surface area contributed by atoms with E-state index in [1.807, 2.05) is 0 Å². The minimum Gasteiger partial charge on any atom is -0.350 e. The summed E-state index contributed by atoms with van der Waals surface area (Å²) in [5.41, 5.74) is 0.114. The van der Waals surface area contributed by atoms with Gasteiger partial charge >= 0.3 is 0 Å². The van der Waals surface area contributed by atoms with Gasteiger partial charge in [-0.15, -0.1) is 0 Å². The van der Waals surface area contributed by atoms with Gasteiger partial charge in [0.05, 0.1) is 0 Å². The number of halogens is 1. The molecule has 0 aromatic rings. The van der Waals surface area contributed by atoms with Gasteiger partial charge in [-0.25, -0.2) is 0 Å². The maximum Gasteiger partial charge on any atom is 0.224 e. The monoisotopic (exact) mass is 285 g/mol. The number of carbonyl (C=O) groups excluding carboxylic acids is 1. The molecule has 3 fully saturated rings. The predicted octanol–water partition coefficient (Wildman–Crippen LogP) is 2.86. The van der Waals surface area contributed by atoms with E-state index in [9.17, 15) is 4.79 Å². The Morgan fingerprint density at radius 3 is 2.25 bits per heavy atom. The van der Waals surface area contributed by atoms with Gasteiger partial charge in [-0.2, -0.15) is 0 Å². The Kier molecular flexibility index (Phi) is 2.77. The Hall–Kier alpha value is -0.0500. The number of fused-ring (bicyclic) bond motifs is 1. The van der Waals surface area contributed by atoms with Crippen molar-refractivity contribution in [2.75, 3.05) is 5.33 Å². The minimum absolute atomic E-state index is 0.114. The van der Waals surface area contributed by atoms with Gasteiger partial charge in [0.2, 0.25) is 5.91 Å². The molecule has 3 heteroatoms. The molecule has 0 saturated heterocycles. The summed E-state index contributed by atoms with van der Waals surface area (Å²) >= 11 is 3.54. The zero-order valence-electron chi connectivity index (χ0n) is 9.68. The molecule has 0 aromatic carbocycles. The van der Waals surface area contributed by atoms with E-state index in [-0.39, 0.29) is 5.54 Å². The first-order valence-electron chi connectivity index (χ1n) is 6.64. The van der Waals surface area contributed by atoms with Crippen LogP contribution in [0.5, 0.6) is 0 Å². The second kappa shape index (κ2) is 4.01. The minimum atomic E-state index is 0.114. The van der Waals surface area contributed by atoms with E-state index in [1.54, 1.807) is 0 Å². The molecule has 0 heterocycles. The Morgan fingerprint density at radius 2 is 1.81 bits per heavy atom. The quantitative estimate of drug-likeness (QED) is 0.794. The Balaban J connectivity index is 1.58. The number of rotatable bonds is 3. The number of hydrogen-bond acceptors (Lipinski definition) is 1. The van der Waals surface area contributed by atoms with Crippen molar-refractivity contribution in [3.05, 3.63) is 0 Å². The molecule has 3 saturated carbocycles. The summed E-state index contributed by atoms with van der Waals surface area (Å²) in [5, 5.41) is 4.24. The van der Waals surface area contributed by atoms with Gasteiger partial charge in [0.1, 0.15) is 0 Å². The zero-order valence-corrected chi connectivity index (χ0v) is 11.3. The fourth-order valence-electron chi connectivity index (χ4n) is 3.62. The van der Waals surface area contributed by atoms with Crippen molar-refractivity contribution >= 4 is 21.8 Å². The van der Waals surface area contributed by atoms with Crippen LogP contribution in [0.25, 0.3) is 0 Å². The maximum atomic E-state index is 12.2. The van der Waals surface area contributed by atoms with Crippen LogP contribution in [0.1, 0.15) is 44.9 Å². The summed E-state index contributed by atoms with van der Waals surface area (Å²) < 4.78 is 0. The predicted molar refractivity (Wildman–Crippen MR) is 67.5 cm³/mol. The lowest BCUT2D eigenvalue weighted by atomic mass is 9.78. The summed E-state index contributed by atoms with van der Waals surface area (Å²) in [6.45, 7) is 0. The molecule has 16 heavy (non-hydrogen) atoms. The molecule has 2 atom stereocenters. The lowest BCUT2D eigenvalue weighted by molar-refractivity contribution is -0.125. The van der Waals surface area contributed by atoms with Gasteiger partial charge in [-0.05, 0) is 43.9 Å². The fraction of sp³-hybridized carbons (Fsp3) is 0.923. The highest BCUT2D eigenvalue weighted by Crippen LogP contribution is 2.55. The third-order valence-corrected chi connectivity index (χ3v) is 5.99. The smallest absolute Gasteiger partial charge is 0.224 e. The lowest BCUT2D eigenvalue weighted by Gasteiger charge is -2.41. The summed E-state index contributed by atoms with van der Waals surface area (Å²) in [5.74, 6) is 2.21. The first-order chi connectivity index (χ1) is 7.76. The van der Waals surface area contributed by atoms with Gasteiger partial charge in [0.25, 0.3) is 0 Å². The van der Waals surface area contributed by atoms with E-state index in [1.165, 1.54) is 32.1 Å². The SMILES string of the molecule is O=C(NC1(CBr)CCC1)C1C2CCCCC21. The molecule has 0 radical (unpaired) electrons. The van der Waals surface area contributed by atoms with Crippen LogP contribution in [-0.2, 0) is 4.79 Å². The molecule has 3 aliphatic carbocycles. The van der Waals surface area contributed by atoms with Crippen LogP contribution in [0.15, 0.2) is 0 Å². The highest BCUT2D eigenvalue weighted by molar-refractivity contribution is 9.09. The van der Waals surface area contributed by atoms with E-state index in [0.29, 0.717) is 11.8 Å². The van der Waals surface area contributed by atoms with Crippen molar-refractivity contribution in [2.45, 2.75) is 50.5 Å². The highest BCUT2D eigenvalue weighted by Gasteiger charge is 2.55. The van der Waals surface area contributed by atoms with E-state index in [0.717, 1.165) is 30.0 Å². The molecule has 0 aliphatic heterocycles. The molecule has 0 bridgehead atoms. The molecule has 0 aromatic heterocycles. The number of nitrogens with one attached hydrogen (secondary N) is 1. The second-order valence-electron chi connectivity index (χ2n) is 5.89. The van der Waals surface area contributed by atoms with E-state index >= 15 is 0 Å². The third-order valence-electron chi connectivity index (χ3n) is 4.91. The first-order valence-corrected chi connectivity index (χ1v) is 7.76. The van der Waals surface area contributed by atoms with Crippen molar-refractivity contribution < 1.29 is 4.79 Å². The number of hydrogen-bond donors (Lipinski definition) is 1. The van der Waals surface area contributed by atoms with Crippen molar-refractivity contribution in [1.82, 2.24) is 5.32 Å². The van der Waals surface area contributed by atoms with Crippen LogP contribution in [0.3, 0.4) is 0 Å². The van der Waals surface area contributed by atoms with E-state index in [2.05, 4.69) is 21.2 Å². The summed E-state index contributed by atoms with van der Waals surface area (Å²) in [6.07, 6.45) is 8.86. The third kappa shape index (κ3) is 1.71. The van der Waals surface area contributed by atoms with Crippen LogP contribution in [-0.4, -0.2) is 16.8 Å². The first kappa shape index (κ1) is 11.1. The number of amides is 1. The van der Waals surface area contributed by atoms with Crippen LogP contribution in [0, 0.1) is 17.8 Å². The molecule has 90 valence electrons. The standard InChI is InChI=1S/C13H20BrNO/c14-8-13(6-3-7-13)15-12(16)11-9-4-1-2-5-10(9)11/h9-11H,1-8H2,(H,15,16). The van der Waals surface area contributed by atoms with Crippen molar-refractivity contribution in [3.8, 4) is 0 Å². The van der Waals surface area contributed by atoms with Crippen LogP contribution in [0.4, 0.5) is 0 Å². The summed E-state index contributed by atoms with van der Waals surface area (Å²) in [4.78, 5) is 12.2. The Labute approximate surface area is 106 Å². The number of alkyl halides is 1. The Bertz CT molecular complexity index is 283. The lowest BCUT2D eigenvalue weighted by Crippen LogP contribution is -2.55. The second-order valence-corrected chi connectivity index (χ2v) is 6.46. The maximum absolute atomic E-state index is 12.2. The van der Waals surface area contributed by atoms with Crippen LogP contribution < -0.4 is 5.32 Å².